The minimum Gasteiger partial charge on any atom is -0.507 e. The van der Waals surface area contributed by atoms with Gasteiger partial charge in [-0.05, 0) is 32.8 Å². The molecule has 0 spiro atoms. The number of alkyl halides is 1. The summed E-state index contributed by atoms with van der Waals surface area (Å²) in [5.41, 5.74) is 2.97. The van der Waals surface area contributed by atoms with E-state index in [2.05, 4.69) is 10.6 Å². The summed E-state index contributed by atoms with van der Waals surface area (Å²) in [6.45, 7) is 2.94. The number of benzene rings is 2. The molecule has 1 saturated heterocycles. The molecule has 2 fully saturated rings. The summed E-state index contributed by atoms with van der Waals surface area (Å²) < 4.78 is 17.1. The van der Waals surface area contributed by atoms with Gasteiger partial charge in [-0.15, -0.1) is 16.5 Å². The van der Waals surface area contributed by atoms with E-state index < -0.39 is 88.7 Å². The monoisotopic (exact) mass is 760 g/mol. The maximum Gasteiger partial charge on any atom is 0.340 e. The van der Waals surface area contributed by atoms with Crippen molar-refractivity contribution < 1.29 is 53.8 Å². The Morgan fingerprint density at radius 2 is 1.79 bits per heavy atom. The van der Waals surface area contributed by atoms with Crippen molar-refractivity contribution in [3.63, 3.8) is 0 Å². The smallest absolute Gasteiger partial charge is 0.340 e. The van der Waals surface area contributed by atoms with Crippen molar-refractivity contribution in [3.05, 3.63) is 56.5 Å². The van der Waals surface area contributed by atoms with Crippen LogP contribution in [0.15, 0.2) is 23.5 Å². The highest BCUT2D eigenvalue weighted by Crippen LogP contribution is 2.52. The Hall–Kier alpha value is -4.19. The predicted octanol–water partition coefficient (Wildman–Crippen LogP) is 3.28. The van der Waals surface area contributed by atoms with Gasteiger partial charge in [-0.3, -0.25) is 14.4 Å². The number of amides is 2. The molecule has 0 bridgehead atoms. The minimum absolute atomic E-state index is 0.0147. The number of carbonyl (C=O) groups excluding carboxylic acids is 4. The van der Waals surface area contributed by atoms with Crippen LogP contribution in [0.5, 0.6) is 17.2 Å². The Kier molecular flexibility index (Phi) is 12.4. The predicted molar refractivity (Wildman–Crippen MR) is 189 cm³/mol. The van der Waals surface area contributed by atoms with Crippen LogP contribution in [0.3, 0.4) is 0 Å². The first-order chi connectivity index (χ1) is 25.2. The number of phenols is 2. The highest BCUT2D eigenvalue weighted by Gasteiger charge is 2.49. The fraction of sp³-hybridized carbons (Fsp3) is 0.556. The zero-order valence-electron chi connectivity index (χ0n) is 29.7. The summed E-state index contributed by atoms with van der Waals surface area (Å²) in [7, 11) is 1.34. The number of aromatic hydroxyl groups is 2. The molecule has 1 heterocycles. The van der Waals surface area contributed by atoms with Crippen molar-refractivity contribution >= 4 is 35.0 Å². The van der Waals surface area contributed by atoms with E-state index in [1.807, 2.05) is 0 Å². The number of nitrogens with one attached hydrogen (secondary N) is 1. The topological polar surface area (TPSA) is 248 Å². The van der Waals surface area contributed by atoms with Gasteiger partial charge in [0.1, 0.15) is 22.8 Å². The first-order valence-corrected chi connectivity index (χ1v) is 18.0. The van der Waals surface area contributed by atoms with Crippen molar-refractivity contribution in [1.29, 1.82) is 0 Å². The van der Waals surface area contributed by atoms with E-state index in [0.717, 1.165) is 30.7 Å². The van der Waals surface area contributed by atoms with E-state index in [0.29, 0.717) is 0 Å². The molecule has 2 amide bonds. The van der Waals surface area contributed by atoms with Crippen LogP contribution in [0.1, 0.15) is 108 Å². The third-order valence-electron chi connectivity index (χ3n) is 10.4. The quantitative estimate of drug-likeness (QED) is 0.0836. The fourth-order valence-electron chi connectivity index (χ4n) is 7.41. The molecule has 0 unspecified atom stereocenters. The van der Waals surface area contributed by atoms with E-state index in [1.165, 1.54) is 38.7 Å². The van der Waals surface area contributed by atoms with Gasteiger partial charge in [0.2, 0.25) is 5.78 Å². The van der Waals surface area contributed by atoms with Crippen molar-refractivity contribution in [3.8, 4) is 17.2 Å². The van der Waals surface area contributed by atoms with Gasteiger partial charge < -0.3 is 45.7 Å². The molecule has 3 aliphatic carbocycles. The molecular weight excluding hydrogens is 716 g/mol. The van der Waals surface area contributed by atoms with Crippen molar-refractivity contribution in [1.82, 2.24) is 10.3 Å². The number of urea groups is 1. The molecule has 16 nitrogen and oxygen atoms in total. The molecule has 2 aromatic carbocycles. The molecule has 2 aromatic rings. The zero-order chi connectivity index (χ0) is 38.8. The van der Waals surface area contributed by atoms with Gasteiger partial charge in [0, 0.05) is 53.9 Å². The molecule has 17 heteroatoms. The highest BCUT2D eigenvalue weighted by molar-refractivity contribution is 6.31. The van der Waals surface area contributed by atoms with Gasteiger partial charge in [0.25, 0.3) is 0 Å². The number of phenolic OH excluding ortho intramolecular Hbond substituents is 2. The number of nitroso groups, excluding NO2 is 1. The molecule has 0 aromatic heterocycles. The number of nitrogens with zero attached hydrogens (tertiary/aromatic N) is 2. The molecular formula is C36H45ClN4O12. The van der Waals surface area contributed by atoms with E-state index in [1.54, 1.807) is 6.92 Å². The van der Waals surface area contributed by atoms with E-state index in [4.69, 9.17) is 31.5 Å². The van der Waals surface area contributed by atoms with Gasteiger partial charge in [-0.1, -0.05) is 31.4 Å². The van der Waals surface area contributed by atoms with E-state index in [9.17, 15) is 44.5 Å². The molecule has 4 aliphatic rings. The standard InChI is InChI=1S/C27H29NO10.C9H16ClN3O2/c1-10-22(30)14(28)7-17(37-10)38-16-9-27(35,11(2)29)8-13-19(16)26(34)21-20(24(13)32)23(31)12-5-4-6-15(36-3)18(12)25(21)33;10-6-7-13(12-15)9(14)11-8-4-2-1-3-5-8/h4-6,10,14,16-17,22,30,32,34-35H,7-9,28H2,1-3H3;8H,1-7H2,(H,11,14)/t10-,14-,16-,17-,22+,27-;/m0./s1. The number of hydrogen-bond acceptors (Lipinski definition) is 14. The van der Waals surface area contributed by atoms with Crippen molar-refractivity contribution in [2.75, 3.05) is 19.5 Å². The van der Waals surface area contributed by atoms with Crippen LogP contribution in [0.4, 0.5) is 4.79 Å². The summed E-state index contributed by atoms with van der Waals surface area (Å²) >= 11 is 5.44. The molecule has 53 heavy (non-hydrogen) atoms. The summed E-state index contributed by atoms with van der Waals surface area (Å²) in [5.74, 6) is -2.97. The average Bonchev–Trinajstić information content (AvgIpc) is 3.13. The number of aliphatic hydroxyl groups is 2. The normalized spacial score (nSPS) is 26.6. The van der Waals surface area contributed by atoms with Crippen LogP contribution in [0, 0.1) is 4.91 Å². The number of rotatable bonds is 8. The second kappa shape index (κ2) is 16.4. The zero-order valence-corrected chi connectivity index (χ0v) is 30.4. The Bertz CT molecular complexity index is 1760. The number of ether oxygens (including phenoxy) is 3. The Labute approximate surface area is 310 Å². The SMILES string of the molecule is COc1cccc2c1C(=O)c1c(O)c3c(c(O)c1C2=O)C[C@@](O)(C(C)=O)C[C@@H]3O[C@H]1C[C@H](N)[C@H](O)[C@H](C)O1.O=NN(CCCl)C(=O)NC1CCCCC1. The molecule has 0 radical (unpaired) electrons. The molecule has 1 saturated carbocycles. The summed E-state index contributed by atoms with van der Waals surface area (Å²) in [4.78, 5) is 61.4. The van der Waals surface area contributed by atoms with E-state index >= 15 is 0 Å². The maximum atomic E-state index is 13.6. The summed E-state index contributed by atoms with van der Waals surface area (Å²) in [6.07, 6.45) is 0.933. The lowest BCUT2D eigenvalue weighted by atomic mass is 9.72. The Balaban J connectivity index is 0.000000303. The van der Waals surface area contributed by atoms with Gasteiger partial charge in [0.15, 0.2) is 17.9 Å². The highest BCUT2D eigenvalue weighted by atomic mass is 35.5. The van der Waals surface area contributed by atoms with Gasteiger partial charge >= 0.3 is 6.03 Å². The second-order valence-electron chi connectivity index (χ2n) is 13.8. The van der Waals surface area contributed by atoms with Crippen LogP contribution in [0.2, 0.25) is 0 Å². The van der Waals surface area contributed by atoms with Gasteiger partial charge in [-0.2, -0.15) is 5.01 Å². The largest absolute Gasteiger partial charge is 0.507 e. The number of aliphatic hydroxyl groups excluding tert-OH is 1. The number of hydrogen-bond donors (Lipinski definition) is 6. The summed E-state index contributed by atoms with van der Waals surface area (Å²) in [5, 5.41) is 50.4. The number of fused-ring (bicyclic) bond motifs is 3. The number of carbonyl (C=O) groups is 4. The number of ketones is 3. The van der Waals surface area contributed by atoms with E-state index in [-0.39, 0.29) is 59.3 Å². The number of methoxy groups -OCH3 is 1. The number of Topliss-reactive ketones (excluding diaryl/α,β-unsaturated/α-hetero) is 1. The summed E-state index contributed by atoms with van der Waals surface area (Å²) in [6, 6.07) is 3.50. The van der Waals surface area contributed by atoms with Crippen molar-refractivity contribution in [2.45, 2.75) is 108 Å². The van der Waals surface area contributed by atoms with Crippen LogP contribution >= 0.6 is 11.6 Å². The lowest BCUT2D eigenvalue weighted by Crippen LogP contribution is -2.52. The van der Waals surface area contributed by atoms with Crippen molar-refractivity contribution in [2.24, 2.45) is 11.0 Å². The number of halogens is 1. The minimum atomic E-state index is -2.00. The molecule has 6 atom stereocenters. The second-order valence-corrected chi connectivity index (χ2v) is 14.2. The van der Waals surface area contributed by atoms with Crippen LogP contribution in [-0.4, -0.2) is 105 Å². The molecule has 1 aliphatic heterocycles. The van der Waals surface area contributed by atoms with Crippen LogP contribution in [0.25, 0.3) is 0 Å². The Morgan fingerprint density at radius 3 is 2.40 bits per heavy atom. The fourth-order valence-corrected chi connectivity index (χ4v) is 7.57. The van der Waals surface area contributed by atoms with Gasteiger partial charge in [-0.25, -0.2) is 4.79 Å². The maximum absolute atomic E-state index is 13.6. The lowest BCUT2D eigenvalue weighted by Gasteiger charge is -2.42. The average molecular weight is 761 g/mol. The third kappa shape index (κ3) is 7.88. The Morgan fingerprint density at radius 1 is 1.11 bits per heavy atom. The molecule has 6 rings (SSSR count). The first kappa shape index (κ1) is 40.0. The third-order valence-corrected chi connectivity index (χ3v) is 10.5. The molecule has 288 valence electrons. The molecule has 7 N–H and O–H groups in total. The van der Waals surface area contributed by atoms with Crippen LogP contribution < -0.4 is 15.8 Å². The van der Waals surface area contributed by atoms with Crippen LogP contribution in [-0.2, 0) is 20.7 Å². The lowest BCUT2D eigenvalue weighted by molar-refractivity contribution is -0.247. The van der Waals surface area contributed by atoms with Gasteiger partial charge in [0.05, 0.1) is 53.9 Å². The first-order valence-electron chi connectivity index (χ1n) is 17.5. The number of nitrogens with two attached hydrogens (primary N) is 1.